The summed E-state index contributed by atoms with van der Waals surface area (Å²) in [7, 11) is 0. The molecule has 1 unspecified atom stereocenters. The van der Waals surface area contributed by atoms with E-state index in [9.17, 15) is 9.18 Å². The van der Waals surface area contributed by atoms with Crippen molar-refractivity contribution in [3.8, 4) is 0 Å². The van der Waals surface area contributed by atoms with Crippen LogP contribution in [0, 0.1) is 5.82 Å². The smallest absolute Gasteiger partial charge is 0.221 e. The standard InChI is InChI=1S/C16H17FN2OS/c1-12(15-4-2-3-10-18-15)19-16(20)9-11-21-14-7-5-13(17)6-8-14/h2-8,10,12H,9,11H2,1H3,(H,19,20). The lowest BCUT2D eigenvalue weighted by Gasteiger charge is -2.13. The summed E-state index contributed by atoms with van der Waals surface area (Å²) in [6.07, 6.45) is 2.13. The second kappa shape index (κ2) is 7.78. The van der Waals surface area contributed by atoms with Crippen molar-refractivity contribution in [3.05, 3.63) is 60.2 Å². The summed E-state index contributed by atoms with van der Waals surface area (Å²) in [4.78, 5) is 17.0. The van der Waals surface area contributed by atoms with Crippen LogP contribution in [-0.4, -0.2) is 16.6 Å². The Hall–Kier alpha value is -1.88. The Morgan fingerprint density at radius 3 is 2.71 bits per heavy atom. The van der Waals surface area contributed by atoms with Crippen molar-refractivity contribution in [2.45, 2.75) is 24.3 Å². The van der Waals surface area contributed by atoms with Crippen molar-refractivity contribution >= 4 is 17.7 Å². The number of amides is 1. The second-order valence-corrected chi connectivity index (χ2v) is 5.76. The molecule has 0 radical (unpaired) electrons. The Bertz CT molecular complexity index is 575. The van der Waals surface area contributed by atoms with Crippen molar-refractivity contribution in [3.63, 3.8) is 0 Å². The van der Waals surface area contributed by atoms with Crippen molar-refractivity contribution < 1.29 is 9.18 Å². The summed E-state index contributed by atoms with van der Waals surface area (Å²) in [5.74, 6) is 0.399. The molecule has 2 rings (SSSR count). The third-order valence-corrected chi connectivity index (χ3v) is 3.93. The molecule has 1 aromatic heterocycles. The van der Waals surface area contributed by atoms with E-state index < -0.39 is 0 Å². The first-order chi connectivity index (χ1) is 10.1. The number of aromatic nitrogens is 1. The molecule has 3 nitrogen and oxygen atoms in total. The minimum atomic E-state index is -0.249. The van der Waals surface area contributed by atoms with E-state index in [-0.39, 0.29) is 17.8 Å². The van der Waals surface area contributed by atoms with Crippen LogP contribution in [0.5, 0.6) is 0 Å². The normalized spacial score (nSPS) is 11.9. The summed E-state index contributed by atoms with van der Waals surface area (Å²) in [5, 5.41) is 2.92. The van der Waals surface area contributed by atoms with Gasteiger partial charge in [-0.25, -0.2) is 4.39 Å². The van der Waals surface area contributed by atoms with E-state index in [1.807, 2.05) is 25.1 Å². The highest BCUT2D eigenvalue weighted by Crippen LogP contribution is 2.19. The summed E-state index contributed by atoms with van der Waals surface area (Å²) < 4.78 is 12.8. The number of thioether (sulfide) groups is 1. The first-order valence-corrected chi connectivity index (χ1v) is 7.72. The SMILES string of the molecule is CC(NC(=O)CCSc1ccc(F)cc1)c1ccccn1. The zero-order chi connectivity index (χ0) is 15.1. The molecule has 1 amide bonds. The van der Waals surface area contributed by atoms with Gasteiger partial charge in [-0.15, -0.1) is 11.8 Å². The second-order valence-electron chi connectivity index (χ2n) is 4.60. The van der Waals surface area contributed by atoms with Crippen LogP contribution >= 0.6 is 11.8 Å². The Balaban J connectivity index is 1.73. The Labute approximate surface area is 128 Å². The molecule has 0 fully saturated rings. The number of nitrogens with zero attached hydrogens (tertiary/aromatic N) is 1. The van der Waals surface area contributed by atoms with E-state index in [2.05, 4.69) is 10.3 Å². The molecule has 110 valence electrons. The number of halogens is 1. The number of hydrogen-bond donors (Lipinski definition) is 1. The molecule has 0 aliphatic heterocycles. The van der Waals surface area contributed by atoms with E-state index >= 15 is 0 Å². The van der Waals surface area contributed by atoms with Gasteiger partial charge in [0.2, 0.25) is 5.91 Å². The van der Waals surface area contributed by atoms with E-state index in [4.69, 9.17) is 0 Å². The van der Waals surface area contributed by atoms with Crippen molar-refractivity contribution in [2.75, 3.05) is 5.75 Å². The van der Waals surface area contributed by atoms with Crippen molar-refractivity contribution in [2.24, 2.45) is 0 Å². The molecule has 1 heterocycles. The Kier molecular flexibility index (Phi) is 5.75. The molecular weight excluding hydrogens is 287 g/mol. The first kappa shape index (κ1) is 15.5. The summed E-state index contributed by atoms with van der Waals surface area (Å²) in [6.45, 7) is 1.91. The minimum absolute atomic E-state index is 0.0113. The lowest BCUT2D eigenvalue weighted by Crippen LogP contribution is -2.27. The van der Waals surface area contributed by atoms with Crippen LogP contribution in [0.4, 0.5) is 4.39 Å². The Morgan fingerprint density at radius 1 is 1.29 bits per heavy atom. The lowest BCUT2D eigenvalue weighted by atomic mass is 10.2. The molecule has 2 aromatic rings. The van der Waals surface area contributed by atoms with Gasteiger partial charge in [-0.1, -0.05) is 6.07 Å². The lowest BCUT2D eigenvalue weighted by molar-refractivity contribution is -0.121. The van der Waals surface area contributed by atoms with Gasteiger partial charge in [0.1, 0.15) is 5.82 Å². The average molecular weight is 304 g/mol. The maximum absolute atomic E-state index is 12.8. The fraction of sp³-hybridized carbons (Fsp3) is 0.250. The average Bonchev–Trinajstić information content (AvgIpc) is 2.50. The number of nitrogens with one attached hydrogen (secondary N) is 1. The highest BCUT2D eigenvalue weighted by atomic mass is 32.2. The fourth-order valence-corrected chi connectivity index (χ4v) is 2.66. The van der Waals surface area contributed by atoms with Crippen LogP contribution in [0.3, 0.4) is 0 Å². The van der Waals surface area contributed by atoms with Crippen LogP contribution < -0.4 is 5.32 Å². The summed E-state index contributed by atoms with van der Waals surface area (Å²) in [6, 6.07) is 11.8. The maximum atomic E-state index is 12.8. The molecule has 1 aromatic carbocycles. The van der Waals surface area contributed by atoms with Crippen molar-refractivity contribution in [1.29, 1.82) is 0 Å². The molecule has 0 saturated carbocycles. The van der Waals surface area contributed by atoms with Gasteiger partial charge in [0.05, 0.1) is 11.7 Å². The van der Waals surface area contributed by atoms with E-state index in [1.165, 1.54) is 23.9 Å². The third-order valence-electron chi connectivity index (χ3n) is 2.92. The van der Waals surface area contributed by atoms with Crippen LogP contribution in [0.15, 0.2) is 53.6 Å². The van der Waals surface area contributed by atoms with Crippen molar-refractivity contribution in [1.82, 2.24) is 10.3 Å². The molecule has 1 atom stereocenters. The molecular formula is C16H17FN2OS. The number of hydrogen-bond acceptors (Lipinski definition) is 3. The molecule has 0 spiro atoms. The van der Waals surface area contributed by atoms with E-state index in [1.54, 1.807) is 18.3 Å². The number of carbonyl (C=O) groups is 1. The first-order valence-electron chi connectivity index (χ1n) is 6.74. The predicted octanol–water partition coefficient (Wildman–Crippen LogP) is 3.58. The zero-order valence-corrected chi connectivity index (χ0v) is 12.6. The number of pyridine rings is 1. The van der Waals surface area contributed by atoms with Crippen LogP contribution in [0.25, 0.3) is 0 Å². The quantitative estimate of drug-likeness (QED) is 0.829. The molecule has 0 aliphatic carbocycles. The number of carbonyl (C=O) groups excluding carboxylic acids is 1. The third kappa shape index (κ3) is 5.19. The van der Waals surface area contributed by atoms with Crippen LogP contribution in [0.1, 0.15) is 25.1 Å². The fourth-order valence-electron chi connectivity index (χ4n) is 1.81. The van der Waals surface area contributed by atoms with Gasteiger partial charge in [0.25, 0.3) is 0 Å². The maximum Gasteiger partial charge on any atom is 0.221 e. The van der Waals surface area contributed by atoms with Crippen LogP contribution in [-0.2, 0) is 4.79 Å². The van der Waals surface area contributed by atoms with Gasteiger partial charge < -0.3 is 5.32 Å². The topological polar surface area (TPSA) is 42.0 Å². The van der Waals surface area contributed by atoms with Gasteiger partial charge in [-0.2, -0.15) is 0 Å². The van der Waals surface area contributed by atoms with Gasteiger partial charge in [0, 0.05) is 23.3 Å². The van der Waals surface area contributed by atoms with E-state index in [0.29, 0.717) is 12.2 Å². The predicted molar refractivity (Wildman–Crippen MR) is 82.5 cm³/mol. The molecule has 0 bridgehead atoms. The monoisotopic (exact) mass is 304 g/mol. The number of rotatable bonds is 6. The van der Waals surface area contributed by atoms with E-state index in [0.717, 1.165) is 10.6 Å². The molecule has 0 aliphatic rings. The van der Waals surface area contributed by atoms with Gasteiger partial charge in [-0.3, -0.25) is 9.78 Å². The number of benzene rings is 1. The largest absolute Gasteiger partial charge is 0.348 e. The summed E-state index contributed by atoms with van der Waals surface area (Å²) in [5.41, 5.74) is 0.844. The molecule has 0 saturated heterocycles. The summed E-state index contributed by atoms with van der Waals surface area (Å²) >= 11 is 1.54. The molecule has 5 heteroatoms. The zero-order valence-electron chi connectivity index (χ0n) is 11.8. The van der Waals surface area contributed by atoms with Gasteiger partial charge in [-0.05, 0) is 43.3 Å². The molecule has 21 heavy (non-hydrogen) atoms. The Morgan fingerprint density at radius 2 is 2.05 bits per heavy atom. The highest BCUT2D eigenvalue weighted by Gasteiger charge is 2.10. The van der Waals surface area contributed by atoms with Gasteiger partial charge >= 0.3 is 0 Å². The van der Waals surface area contributed by atoms with Gasteiger partial charge in [0.15, 0.2) is 0 Å². The minimum Gasteiger partial charge on any atom is -0.348 e. The highest BCUT2D eigenvalue weighted by molar-refractivity contribution is 7.99. The van der Waals surface area contributed by atoms with Crippen LogP contribution in [0.2, 0.25) is 0 Å². The molecule has 1 N–H and O–H groups in total.